The van der Waals surface area contributed by atoms with Crippen LogP contribution in [0.25, 0.3) is 0 Å². The third-order valence-corrected chi connectivity index (χ3v) is 4.41. The summed E-state index contributed by atoms with van der Waals surface area (Å²) in [4.78, 5) is 14.7. The van der Waals surface area contributed by atoms with Crippen LogP contribution in [0, 0.1) is 0 Å². The first-order chi connectivity index (χ1) is 9.58. The molecule has 4 heteroatoms. The molecule has 0 unspecified atom stereocenters. The lowest BCUT2D eigenvalue weighted by Crippen LogP contribution is -2.35. The van der Waals surface area contributed by atoms with Gasteiger partial charge >= 0.3 is 0 Å². The first kappa shape index (κ1) is 13.7. The molecule has 1 atom stereocenters. The summed E-state index contributed by atoms with van der Waals surface area (Å²) in [6.45, 7) is 2.06. The molecule has 102 valence electrons. The van der Waals surface area contributed by atoms with Crippen LogP contribution < -0.4 is 4.90 Å². The van der Waals surface area contributed by atoms with E-state index in [0.717, 1.165) is 16.6 Å². The molecule has 2 nitrogen and oxygen atoms in total. The van der Waals surface area contributed by atoms with Crippen molar-refractivity contribution in [2.24, 2.45) is 0 Å². The minimum atomic E-state index is -0.0475. The maximum absolute atomic E-state index is 12.8. The largest absolute Gasteiger partial charge is 0.305 e. The van der Waals surface area contributed by atoms with Crippen molar-refractivity contribution < 1.29 is 4.79 Å². The van der Waals surface area contributed by atoms with E-state index in [4.69, 9.17) is 11.6 Å². The third-order valence-electron chi connectivity index (χ3n) is 3.58. The normalized spacial score (nSPS) is 17.1. The van der Waals surface area contributed by atoms with Crippen molar-refractivity contribution in [1.82, 2.24) is 0 Å². The van der Waals surface area contributed by atoms with Gasteiger partial charge in [0.2, 0.25) is 0 Å². The fourth-order valence-electron chi connectivity index (χ4n) is 2.67. The fourth-order valence-corrected chi connectivity index (χ4v) is 3.23. The number of amides is 1. The van der Waals surface area contributed by atoms with E-state index in [0.29, 0.717) is 10.6 Å². The Morgan fingerprint density at radius 2 is 2.05 bits per heavy atom. The number of carbonyl (C=O) groups is 1. The molecule has 0 radical (unpaired) electrons. The quantitative estimate of drug-likeness (QED) is 0.730. The summed E-state index contributed by atoms with van der Waals surface area (Å²) in [7, 11) is 0. The van der Waals surface area contributed by atoms with Gasteiger partial charge in [0.05, 0.1) is 10.6 Å². The summed E-state index contributed by atoms with van der Waals surface area (Å²) in [5.74, 6) is -0.0475. The number of carbonyl (C=O) groups excluding carboxylic acids is 1. The Hall–Kier alpha value is -1.32. The molecule has 0 saturated heterocycles. The van der Waals surface area contributed by atoms with E-state index in [9.17, 15) is 4.79 Å². The van der Waals surface area contributed by atoms with Crippen LogP contribution in [0.4, 0.5) is 5.69 Å². The van der Waals surface area contributed by atoms with Crippen LogP contribution in [-0.2, 0) is 6.42 Å². The molecule has 0 spiro atoms. The zero-order chi connectivity index (χ0) is 14.3. The smallest absolute Gasteiger partial charge is 0.260 e. The van der Waals surface area contributed by atoms with Gasteiger partial charge in [-0.1, -0.05) is 45.7 Å². The Morgan fingerprint density at radius 1 is 1.30 bits per heavy atom. The molecule has 0 bridgehead atoms. The van der Waals surface area contributed by atoms with Gasteiger partial charge in [0.1, 0.15) is 0 Å². The summed E-state index contributed by atoms with van der Waals surface area (Å²) in [6, 6.07) is 13.5. The second kappa shape index (κ2) is 5.23. The molecule has 0 fully saturated rings. The molecule has 2 aromatic rings. The van der Waals surface area contributed by atoms with Gasteiger partial charge in [-0.2, -0.15) is 0 Å². The van der Waals surface area contributed by atoms with Gasteiger partial charge in [0.25, 0.3) is 5.91 Å². The van der Waals surface area contributed by atoms with E-state index >= 15 is 0 Å². The van der Waals surface area contributed by atoms with Gasteiger partial charge in [0, 0.05) is 16.2 Å². The number of hydrogen-bond acceptors (Lipinski definition) is 1. The highest BCUT2D eigenvalue weighted by Gasteiger charge is 2.32. The molecule has 1 heterocycles. The lowest BCUT2D eigenvalue weighted by molar-refractivity contribution is 0.0981. The Kier molecular flexibility index (Phi) is 3.57. The minimum Gasteiger partial charge on any atom is -0.305 e. The molecule has 20 heavy (non-hydrogen) atoms. The van der Waals surface area contributed by atoms with Gasteiger partial charge in [-0.25, -0.2) is 0 Å². The molecule has 1 aliphatic heterocycles. The highest BCUT2D eigenvalue weighted by molar-refractivity contribution is 9.10. The summed E-state index contributed by atoms with van der Waals surface area (Å²) in [5.41, 5.74) is 2.73. The van der Waals surface area contributed by atoms with Crippen molar-refractivity contribution >= 4 is 39.1 Å². The first-order valence-electron chi connectivity index (χ1n) is 6.44. The molecule has 3 rings (SSSR count). The number of benzene rings is 2. The van der Waals surface area contributed by atoms with Crippen molar-refractivity contribution in [3.05, 3.63) is 63.1 Å². The predicted molar refractivity (Wildman–Crippen MR) is 85.6 cm³/mol. The van der Waals surface area contributed by atoms with Crippen LogP contribution in [-0.4, -0.2) is 11.9 Å². The van der Waals surface area contributed by atoms with Crippen LogP contribution in [0.1, 0.15) is 22.8 Å². The molecule has 1 aliphatic rings. The predicted octanol–water partition coefficient (Wildman–Crippen LogP) is 4.69. The number of rotatable bonds is 1. The van der Waals surface area contributed by atoms with Crippen LogP contribution in [0.2, 0.25) is 5.02 Å². The SMILES string of the molecule is C[C@H]1Cc2ccccc2N1C(=O)c1cc(Br)ccc1Cl. The van der Waals surface area contributed by atoms with Gasteiger partial charge in [-0.3, -0.25) is 4.79 Å². The van der Waals surface area contributed by atoms with E-state index in [1.54, 1.807) is 12.1 Å². The Morgan fingerprint density at radius 3 is 2.85 bits per heavy atom. The summed E-state index contributed by atoms with van der Waals surface area (Å²) in [6.07, 6.45) is 0.882. The van der Waals surface area contributed by atoms with Crippen molar-refractivity contribution in [2.45, 2.75) is 19.4 Å². The fraction of sp³-hybridized carbons (Fsp3) is 0.188. The topological polar surface area (TPSA) is 20.3 Å². The van der Waals surface area contributed by atoms with Gasteiger partial charge < -0.3 is 4.90 Å². The number of nitrogens with zero attached hydrogens (tertiary/aromatic N) is 1. The zero-order valence-electron chi connectivity index (χ0n) is 10.9. The maximum Gasteiger partial charge on any atom is 0.260 e. The Bertz CT molecular complexity index is 686. The second-order valence-electron chi connectivity index (χ2n) is 4.98. The zero-order valence-corrected chi connectivity index (χ0v) is 13.3. The Balaban J connectivity index is 2.05. The minimum absolute atomic E-state index is 0.0475. The number of hydrogen-bond donors (Lipinski definition) is 0. The van der Waals surface area contributed by atoms with E-state index in [1.165, 1.54) is 5.56 Å². The number of anilines is 1. The van der Waals surface area contributed by atoms with Crippen molar-refractivity contribution in [1.29, 1.82) is 0 Å². The average Bonchev–Trinajstić information content (AvgIpc) is 2.76. The lowest BCUT2D eigenvalue weighted by Gasteiger charge is -2.23. The second-order valence-corrected chi connectivity index (χ2v) is 6.30. The van der Waals surface area contributed by atoms with Crippen LogP contribution in [0.15, 0.2) is 46.9 Å². The molecule has 0 saturated carbocycles. The molecule has 0 aliphatic carbocycles. The van der Waals surface area contributed by atoms with Gasteiger partial charge in [-0.15, -0.1) is 0 Å². The molecular formula is C16H13BrClNO. The average molecular weight is 351 g/mol. The van der Waals surface area contributed by atoms with Crippen LogP contribution in [0.3, 0.4) is 0 Å². The van der Waals surface area contributed by atoms with Crippen molar-refractivity contribution in [3.63, 3.8) is 0 Å². The van der Waals surface area contributed by atoms with Gasteiger partial charge in [0.15, 0.2) is 0 Å². The monoisotopic (exact) mass is 349 g/mol. The van der Waals surface area contributed by atoms with E-state index in [2.05, 4.69) is 28.9 Å². The summed E-state index contributed by atoms with van der Waals surface area (Å²) >= 11 is 9.57. The summed E-state index contributed by atoms with van der Waals surface area (Å²) < 4.78 is 0.852. The summed E-state index contributed by atoms with van der Waals surface area (Å²) in [5, 5.41) is 0.481. The first-order valence-corrected chi connectivity index (χ1v) is 7.61. The standard InChI is InChI=1S/C16H13BrClNO/c1-10-8-11-4-2-3-5-15(11)19(10)16(20)13-9-12(17)6-7-14(13)18/h2-7,9-10H,8H2,1H3/t10-/m0/s1. The molecule has 0 N–H and O–H groups in total. The van der Waals surface area contributed by atoms with E-state index < -0.39 is 0 Å². The maximum atomic E-state index is 12.8. The van der Waals surface area contributed by atoms with Crippen LogP contribution >= 0.6 is 27.5 Å². The molecule has 2 aromatic carbocycles. The lowest BCUT2D eigenvalue weighted by atomic mass is 10.1. The highest BCUT2D eigenvalue weighted by atomic mass is 79.9. The Labute approximate surface area is 131 Å². The van der Waals surface area contributed by atoms with Gasteiger partial charge in [-0.05, 0) is 43.2 Å². The molecule has 0 aromatic heterocycles. The van der Waals surface area contributed by atoms with E-state index in [1.807, 2.05) is 29.2 Å². The third kappa shape index (κ3) is 2.25. The van der Waals surface area contributed by atoms with Crippen LogP contribution in [0.5, 0.6) is 0 Å². The number of para-hydroxylation sites is 1. The number of fused-ring (bicyclic) bond motifs is 1. The highest BCUT2D eigenvalue weighted by Crippen LogP contribution is 2.34. The number of halogens is 2. The molecular weight excluding hydrogens is 338 g/mol. The van der Waals surface area contributed by atoms with E-state index in [-0.39, 0.29) is 11.9 Å². The van der Waals surface area contributed by atoms with Crippen molar-refractivity contribution in [3.8, 4) is 0 Å². The molecule has 1 amide bonds. The van der Waals surface area contributed by atoms with Crippen molar-refractivity contribution in [2.75, 3.05) is 4.90 Å².